The number of nitrogens with one attached hydrogen (secondary N) is 2. The average Bonchev–Trinajstić information content (AvgIpc) is 2.98. The van der Waals surface area contributed by atoms with Crippen LogP contribution in [0.15, 0.2) is 23.2 Å². The molecule has 1 aliphatic rings. The molecule has 1 saturated carbocycles. The molecule has 0 bridgehead atoms. The second-order valence-electron chi connectivity index (χ2n) is 5.08. The van der Waals surface area contributed by atoms with Crippen LogP contribution in [0.3, 0.4) is 0 Å². The molecule has 118 valence electrons. The Morgan fingerprint density at radius 2 is 2.14 bits per heavy atom. The molecule has 2 rings (SSSR count). The molecule has 7 heteroatoms. The summed E-state index contributed by atoms with van der Waals surface area (Å²) >= 11 is 0. The summed E-state index contributed by atoms with van der Waals surface area (Å²) in [5.74, 6) is 0.558. The van der Waals surface area contributed by atoms with Gasteiger partial charge in [-0.25, -0.2) is 18.1 Å². The van der Waals surface area contributed by atoms with Crippen LogP contribution in [0.2, 0.25) is 0 Å². The summed E-state index contributed by atoms with van der Waals surface area (Å²) < 4.78 is 32.5. The highest BCUT2D eigenvalue weighted by Gasteiger charge is 2.17. The molecule has 0 radical (unpaired) electrons. The summed E-state index contributed by atoms with van der Waals surface area (Å²) in [7, 11) is -3.51. The summed E-state index contributed by atoms with van der Waals surface area (Å²) in [6.07, 6.45) is 6.38. The predicted molar refractivity (Wildman–Crippen MR) is 81.8 cm³/mol. The lowest BCUT2D eigenvalue weighted by Gasteiger charge is -2.12. The van der Waals surface area contributed by atoms with Crippen LogP contribution in [0.5, 0.6) is 0 Å². The van der Waals surface area contributed by atoms with E-state index in [9.17, 15) is 8.42 Å². The topological polar surface area (TPSA) is 80.3 Å². The van der Waals surface area contributed by atoms with Gasteiger partial charge in [-0.1, -0.05) is 12.8 Å². The van der Waals surface area contributed by atoms with Crippen molar-refractivity contribution < 1.29 is 13.2 Å². The van der Waals surface area contributed by atoms with Gasteiger partial charge in [0.25, 0.3) is 0 Å². The maximum atomic E-state index is 12.2. The van der Waals surface area contributed by atoms with Gasteiger partial charge in [0.1, 0.15) is 5.82 Å². The van der Waals surface area contributed by atoms with Crippen LogP contribution in [0.25, 0.3) is 0 Å². The van der Waals surface area contributed by atoms with Crippen molar-refractivity contribution >= 4 is 15.8 Å². The highest BCUT2D eigenvalue weighted by molar-refractivity contribution is 7.89. The Morgan fingerprint density at radius 3 is 2.86 bits per heavy atom. The van der Waals surface area contributed by atoms with Crippen molar-refractivity contribution in [3.63, 3.8) is 0 Å². The third kappa shape index (κ3) is 4.94. The van der Waals surface area contributed by atoms with Gasteiger partial charge in [0, 0.05) is 25.4 Å². The fourth-order valence-electron chi connectivity index (χ4n) is 2.40. The quantitative estimate of drug-likeness (QED) is 0.715. The molecule has 0 atom stereocenters. The summed E-state index contributed by atoms with van der Waals surface area (Å²) in [5.41, 5.74) is 0. The summed E-state index contributed by atoms with van der Waals surface area (Å²) in [5, 5.41) is 3.00. The lowest BCUT2D eigenvalue weighted by Crippen LogP contribution is -2.28. The first-order valence-corrected chi connectivity index (χ1v) is 8.91. The molecule has 1 aromatic heterocycles. The number of nitrogens with zero attached hydrogens (tertiary/aromatic N) is 1. The van der Waals surface area contributed by atoms with Crippen molar-refractivity contribution in [3.8, 4) is 0 Å². The SMILES string of the molecule is CCNc1cc(S(=O)(=O)NCCOC2CCCC2)ccn1. The van der Waals surface area contributed by atoms with Crippen LogP contribution < -0.4 is 10.0 Å². The van der Waals surface area contributed by atoms with Crippen molar-refractivity contribution in [3.05, 3.63) is 18.3 Å². The van der Waals surface area contributed by atoms with Gasteiger partial charge in [-0.2, -0.15) is 0 Å². The van der Waals surface area contributed by atoms with E-state index in [1.54, 1.807) is 0 Å². The largest absolute Gasteiger partial charge is 0.377 e. The molecule has 0 amide bonds. The minimum absolute atomic E-state index is 0.217. The van der Waals surface area contributed by atoms with E-state index in [1.807, 2.05) is 6.92 Å². The highest BCUT2D eigenvalue weighted by atomic mass is 32.2. The molecule has 0 saturated heterocycles. The number of rotatable bonds is 8. The smallest absolute Gasteiger partial charge is 0.240 e. The number of pyridine rings is 1. The number of anilines is 1. The van der Waals surface area contributed by atoms with Crippen LogP contribution in [0, 0.1) is 0 Å². The van der Waals surface area contributed by atoms with Gasteiger partial charge < -0.3 is 10.1 Å². The molecular formula is C14H23N3O3S. The Morgan fingerprint density at radius 1 is 1.38 bits per heavy atom. The summed E-state index contributed by atoms with van der Waals surface area (Å²) in [4.78, 5) is 4.28. The minimum Gasteiger partial charge on any atom is -0.377 e. The first-order chi connectivity index (χ1) is 10.1. The number of aromatic nitrogens is 1. The fourth-order valence-corrected chi connectivity index (χ4v) is 3.42. The van der Waals surface area contributed by atoms with E-state index in [-0.39, 0.29) is 11.4 Å². The van der Waals surface area contributed by atoms with Crippen molar-refractivity contribution in [2.24, 2.45) is 0 Å². The summed E-state index contributed by atoms with van der Waals surface area (Å²) in [6.45, 7) is 3.33. The van der Waals surface area contributed by atoms with Gasteiger partial charge in [0.2, 0.25) is 10.0 Å². The van der Waals surface area contributed by atoms with E-state index < -0.39 is 10.0 Å². The zero-order valence-electron chi connectivity index (χ0n) is 12.3. The first kappa shape index (κ1) is 16.2. The van der Waals surface area contributed by atoms with Gasteiger partial charge in [-0.15, -0.1) is 0 Å². The van der Waals surface area contributed by atoms with Crippen LogP contribution in [-0.4, -0.2) is 39.2 Å². The third-order valence-corrected chi connectivity index (χ3v) is 4.91. The number of hydrogen-bond acceptors (Lipinski definition) is 5. The van der Waals surface area contributed by atoms with Crippen LogP contribution in [0.4, 0.5) is 5.82 Å². The van der Waals surface area contributed by atoms with E-state index in [2.05, 4.69) is 15.0 Å². The predicted octanol–water partition coefficient (Wildman–Crippen LogP) is 1.75. The third-order valence-electron chi connectivity index (χ3n) is 3.45. The molecule has 0 spiro atoms. The zero-order valence-corrected chi connectivity index (χ0v) is 13.2. The Balaban J connectivity index is 1.84. The van der Waals surface area contributed by atoms with E-state index in [1.165, 1.54) is 31.2 Å². The van der Waals surface area contributed by atoms with Gasteiger partial charge in [0.05, 0.1) is 17.6 Å². The minimum atomic E-state index is -3.51. The number of ether oxygens (including phenoxy) is 1. The van der Waals surface area contributed by atoms with Crippen molar-refractivity contribution in [2.45, 2.75) is 43.6 Å². The maximum Gasteiger partial charge on any atom is 0.240 e. The lowest BCUT2D eigenvalue weighted by atomic mass is 10.3. The Labute approximate surface area is 126 Å². The van der Waals surface area contributed by atoms with Gasteiger partial charge in [0.15, 0.2) is 0 Å². The van der Waals surface area contributed by atoms with Crippen molar-refractivity contribution in [1.82, 2.24) is 9.71 Å². The Bertz CT molecular complexity index is 542. The molecule has 6 nitrogen and oxygen atoms in total. The van der Waals surface area contributed by atoms with Gasteiger partial charge >= 0.3 is 0 Å². The van der Waals surface area contributed by atoms with Crippen LogP contribution in [0.1, 0.15) is 32.6 Å². The Kier molecular flexibility index (Phi) is 5.96. The Hall–Kier alpha value is -1.18. The monoisotopic (exact) mass is 313 g/mol. The second kappa shape index (κ2) is 7.72. The molecule has 2 N–H and O–H groups in total. The molecule has 1 fully saturated rings. The van der Waals surface area contributed by atoms with Crippen molar-refractivity contribution in [1.29, 1.82) is 0 Å². The molecular weight excluding hydrogens is 290 g/mol. The zero-order chi connectivity index (χ0) is 15.1. The fraction of sp³-hybridized carbons (Fsp3) is 0.643. The molecule has 1 aliphatic carbocycles. The average molecular weight is 313 g/mol. The number of hydrogen-bond donors (Lipinski definition) is 2. The van der Waals surface area contributed by atoms with Crippen LogP contribution in [-0.2, 0) is 14.8 Å². The maximum absolute atomic E-state index is 12.2. The van der Waals surface area contributed by atoms with E-state index in [0.29, 0.717) is 25.1 Å². The van der Waals surface area contributed by atoms with Crippen LogP contribution >= 0.6 is 0 Å². The van der Waals surface area contributed by atoms with Gasteiger partial charge in [-0.05, 0) is 25.8 Å². The normalized spacial score (nSPS) is 16.2. The van der Waals surface area contributed by atoms with Gasteiger partial charge in [-0.3, -0.25) is 0 Å². The molecule has 21 heavy (non-hydrogen) atoms. The molecule has 0 aliphatic heterocycles. The van der Waals surface area contributed by atoms with E-state index in [0.717, 1.165) is 12.8 Å². The molecule has 1 heterocycles. The highest BCUT2D eigenvalue weighted by Crippen LogP contribution is 2.20. The van der Waals surface area contributed by atoms with Crippen molar-refractivity contribution in [2.75, 3.05) is 25.0 Å². The van der Waals surface area contributed by atoms with E-state index in [4.69, 9.17) is 4.74 Å². The first-order valence-electron chi connectivity index (χ1n) is 7.43. The standard InChI is InChI=1S/C14H23N3O3S/c1-2-15-14-11-13(7-8-16-14)21(18,19)17-9-10-20-12-5-3-4-6-12/h7-8,11-12,17H,2-6,9-10H2,1H3,(H,15,16). The molecule has 1 aromatic rings. The number of sulfonamides is 1. The second-order valence-corrected chi connectivity index (χ2v) is 6.85. The molecule has 0 aromatic carbocycles. The molecule has 0 unspecified atom stereocenters. The van der Waals surface area contributed by atoms with E-state index >= 15 is 0 Å². The lowest BCUT2D eigenvalue weighted by molar-refractivity contribution is 0.0626. The summed E-state index contributed by atoms with van der Waals surface area (Å²) in [6, 6.07) is 3.02.